The Morgan fingerprint density at radius 3 is 2.46 bits per heavy atom. The van der Waals surface area contributed by atoms with Gasteiger partial charge in [-0.3, -0.25) is 0 Å². The van der Waals surface area contributed by atoms with Crippen LogP contribution in [0.15, 0.2) is 28.7 Å². The quantitative estimate of drug-likeness (QED) is 0.865. The summed E-state index contributed by atoms with van der Waals surface area (Å²) in [5, 5.41) is 9.68. The van der Waals surface area contributed by atoms with Crippen LogP contribution >= 0.6 is 15.9 Å². The Morgan fingerprint density at radius 2 is 1.92 bits per heavy atom. The van der Waals surface area contributed by atoms with Gasteiger partial charge < -0.3 is 5.11 Å². The third-order valence-electron chi connectivity index (χ3n) is 2.16. The van der Waals surface area contributed by atoms with Crippen molar-refractivity contribution in [1.29, 1.82) is 0 Å². The van der Waals surface area contributed by atoms with Gasteiger partial charge in [-0.2, -0.15) is 0 Å². The van der Waals surface area contributed by atoms with Crippen molar-refractivity contribution in [2.75, 3.05) is 0 Å². The van der Waals surface area contributed by atoms with E-state index in [1.807, 2.05) is 38.1 Å². The minimum absolute atomic E-state index is 0.251. The molecule has 0 fully saturated rings. The standard InChI is InChI=1S/C11H15BrO/c1-8(2)11(13)7-9-5-3-4-6-10(9)12/h3-6,8,11,13H,7H2,1-2H3/t11-/m1/s1. The fraction of sp³-hybridized carbons (Fsp3) is 0.455. The molecule has 0 aliphatic carbocycles. The highest BCUT2D eigenvalue weighted by molar-refractivity contribution is 9.10. The molecule has 0 saturated carbocycles. The van der Waals surface area contributed by atoms with Gasteiger partial charge in [-0.25, -0.2) is 0 Å². The lowest BCUT2D eigenvalue weighted by molar-refractivity contribution is 0.125. The van der Waals surface area contributed by atoms with E-state index >= 15 is 0 Å². The van der Waals surface area contributed by atoms with Gasteiger partial charge in [0.05, 0.1) is 6.10 Å². The lowest BCUT2D eigenvalue weighted by Crippen LogP contribution is -2.17. The van der Waals surface area contributed by atoms with Crippen molar-refractivity contribution < 1.29 is 5.11 Å². The van der Waals surface area contributed by atoms with Crippen LogP contribution in [0.4, 0.5) is 0 Å². The van der Waals surface area contributed by atoms with Gasteiger partial charge in [-0.1, -0.05) is 48.0 Å². The lowest BCUT2D eigenvalue weighted by Gasteiger charge is -2.14. The normalized spacial score (nSPS) is 13.3. The molecule has 0 aliphatic rings. The summed E-state index contributed by atoms with van der Waals surface area (Å²) >= 11 is 3.46. The van der Waals surface area contributed by atoms with Crippen LogP contribution < -0.4 is 0 Å². The van der Waals surface area contributed by atoms with Crippen LogP contribution in [0.3, 0.4) is 0 Å². The topological polar surface area (TPSA) is 20.2 Å². The Kier molecular flexibility index (Phi) is 3.94. The monoisotopic (exact) mass is 242 g/mol. The Hall–Kier alpha value is -0.340. The summed E-state index contributed by atoms with van der Waals surface area (Å²) in [6.07, 6.45) is 0.470. The zero-order valence-electron chi connectivity index (χ0n) is 8.00. The summed E-state index contributed by atoms with van der Waals surface area (Å²) in [6.45, 7) is 4.06. The van der Waals surface area contributed by atoms with E-state index in [4.69, 9.17) is 0 Å². The average Bonchev–Trinajstić information content (AvgIpc) is 2.08. The van der Waals surface area contributed by atoms with E-state index in [0.717, 1.165) is 10.9 Å². The molecule has 0 heterocycles. The molecule has 0 spiro atoms. The Balaban J connectivity index is 2.69. The van der Waals surface area contributed by atoms with Crippen molar-refractivity contribution in [3.8, 4) is 0 Å². The molecule has 1 aromatic carbocycles. The Morgan fingerprint density at radius 1 is 1.31 bits per heavy atom. The van der Waals surface area contributed by atoms with Crippen molar-refractivity contribution in [3.63, 3.8) is 0 Å². The second-order valence-corrected chi connectivity index (χ2v) is 4.46. The van der Waals surface area contributed by atoms with Crippen LogP contribution in [0.5, 0.6) is 0 Å². The highest BCUT2D eigenvalue weighted by atomic mass is 79.9. The molecule has 13 heavy (non-hydrogen) atoms. The summed E-state index contributed by atoms with van der Waals surface area (Å²) in [6, 6.07) is 8.01. The number of aliphatic hydroxyl groups is 1. The molecule has 0 saturated heterocycles. The SMILES string of the molecule is CC(C)[C@H](O)Cc1ccccc1Br. The highest BCUT2D eigenvalue weighted by Gasteiger charge is 2.11. The molecule has 0 unspecified atom stereocenters. The predicted molar refractivity (Wildman–Crippen MR) is 58.7 cm³/mol. The van der Waals surface area contributed by atoms with E-state index in [9.17, 15) is 5.11 Å². The number of hydrogen-bond acceptors (Lipinski definition) is 1. The zero-order valence-corrected chi connectivity index (χ0v) is 9.58. The van der Waals surface area contributed by atoms with Crippen molar-refractivity contribution in [1.82, 2.24) is 0 Å². The largest absolute Gasteiger partial charge is 0.393 e. The number of rotatable bonds is 3. The molecule has 1 nitrogen and oxygen atoms in total. The Bertz CT molecular complexity index is 271. The molecule has 0 aromatic heterocycles. The summed E-state index contributed by atoms with van der Waals surface area (Å²) in [4.78, 5) is 0. The molecule has 0 bridgehead atoms. The summed E-state index contributed by atoms with van der Waals surface area (Å²) in [5.74, 6) is 0.312. The maximum Gasteiger partial charge on any atom is 0.0603 e. The van der Waals surface area contributed by atoms with Gasteiger partial charge in [0.15, 0.2) is 0 Å². The second kappa shape index (κ2) is 4.77. The minimum atomic E-state index is -0.251. The van der Waals surface area contributed by atoms with Gasteiger partial charge in [0, 0.05) is 4.47 Å². The van der Waals surface area contributed by atoms with Gasteiger partial charge in [0.25, 0.3) is 0 Å². The number of halogens is 1. The number of hydrogen-bond donors (Lipinski definition) is 1. The van der Waals surface area contributed by atoms with Crippen LogP contribution in [0.2, 0.25) is 0 Å². The maximum absolute atomic E-state index is 9.68. The first-order chi connectivity index (χ1) is 6.11. The van der Waals surface area contributed by atoms with E-state index < -0.39 is 0 Å². The van der Waals surface area contributed by atoms with Crippen LogP contribution in [0.25, 0.3) is 0 Å². The van der Waals surface area contributed by atoms with Gasteiger partial charge >= 0.3 is 0 Å². The smallest absolute Gasteiger partial charge is 0.0603 e. The van der Waals surface area contributed by atoms with E-state index in [1.165, 1.54) is 5.56 Å². The zero-order chi connectivity index (χ0) is 9.84. The van der Waals surface area contributed by atoms with E-state index in [2.05, 4.69) is 15.9 Å². The molecule has 0 aliphatic heterocycles. The molecule has 2 heteroatoms. The third-order valence-corrected chi connectivity index (χ3v) is 2.93. The second-order valence-electron chi connectivity index (χ2n) is 3.61. The third kappa shape index (κ3) is 3.12. The number of benzene rings is 1. The van der Waals surface area contributed by atoms with Crippen molar-refractivity contribution >= 4 is 15.9 Å². The molecule has 1 atom stereocenters. The molecule has 0 radical (unpaired) electrons. The van der Waals surface area contributed by atoms with E-state index in [0.29, 0.717) is 5.92 Å². The van der Waals surface area contributed by atoms with Crippen molar-refractivity contribution in [3.05, 3.63) is 34.3 Å². The first kappa shape index (κ1) is 10.7. The van der Waals surface area contributed by atoms with Gasteiger partial charge in [-0.15, -0.1) is 0 Å². The summed E-state index contributed by atoms with van der Waals surface area (Å²) < 4.78 is 1.08. The molecule has 1 rings (SSSR count). The fourth-order valence-corrected chi connectivity index (χ4v) is 1.57. The Labute approximate surface area is 87.9 Å². The molecule has 0 amide bonds. The number of aliphatic hydroxyl groups excluding tert-OH is 1. The van der Waals surface area contributed by atoms with Gasteiger partial charge in [0.2, 0.25) is 0 Å². The molecule has 1 aromatic rings. The summed E-state index contributed by atoms with van der Waals surface area (Å²) in [7, 11) is 0. The lowest BCUT2D eigenvalue weighted by atomic mass is 9.99. The van der Waals surface area contributed by atoms with Crippen LogP contribution in [-0.2, 0) is 6.42 Å². The molecule has 72 valence electrons. The van der Waals surface area contributed by atoms with Crippen molar-refractivity contribution in [2.45, 2.75) is 26.4 Å². The first-order valence-electron chi connectivity index (χ1n) is 4.52. The van der Waals surface area contributed by atoms with Crippen LogP contribution in [-0.4, -0.2) is 11.2 Å². The fourth-order valence-electron chi connectivity index (χ4n) is 1.12. The minimum Gasteiger partial charge on any atom is -0.393 e. The first-order valence-corrected chi connectivity index (χ1v) is 5.32. The highest BCUT2D eigenvalue weighted by Crippen LogP contribution is 2.19. The molecular formula is C11H15BrO. The maximum atomic E-state index is 9.68. The molecule has 1 N–H and O–H groups in total. The van der Waals surface area contributed by atoms with Gasteiger partial charge in [0.1, 0.15) is 0 Å². The molecular weight excluding hydrogens is 228 g/mol. The van der Waals surface area contributed by atoms with E-state index in [1.54, 1.807) is 0 Å². The van der Waals surface area contributed by atoms with Crippen molar-refractivity contribution in [2.24, 2.45) is 5.92 Å². The van der Waals surface area contributed by atoms with Crippen LogP contribution in [0.1, 0.15) is 19.4 Å². The van der Waals surface area contributed by atoms with E-state index in [-0.39, 0.29) is 6.10 Å². The predicted octanol–water partition coefficient (Wildman–Crippen LogP) is 3.01. The van der Waals surface area contributed by atoms with Gasteiger partial charge in [-0.05, 0) is 24.0 Å². The van der Waals surface area contributed by atoms with Crippen LogP contribution in [0, 0.1) is 5.92 Å². The average molecular weight is 243 g/mol. The summed E-state index contributed by atoms with van der Waals surface area (Å²) in [5.41, 5.74) is 1.17.